The van der Waals surface area contributed by atoms with Gasteiger partial charge in [-0.3, -0.25) is 9.48 Å². The van der Waals surface area contributed by atoms with Crippen molar-refractivity contribution in [3.8, 4) is 11.5 Å². The van der Waals surface area contributed by atoms with Crippen LogP contribution < -0.4 is 14.8 Å². The van der Waals surface area contributed by atoms with Crippen molar-refractivity contribution in [1.29, 1.82) is 0 Å². The SMILES string of the molecule is CCOc1cc(C(=O)Nc2c(C)nn(Cc3ccc(F)cc3)c2C)ccc1OC(F)F. The van der Waals surface area contributed by atoms with E-state index in [2.05, 4.69) is 15.2 Å². The average Bonchev–Trinajstić information content (AvgIpc) is 2.98. The summed E-state index contributed by atoms with van der Waals surface area (Å²) < 4.78 is 49.7. The quantitative estimate of drug-likeness (QED) is 0.547. The molecule has 0 aliphatic rings. The number of nitrogens with zero attached hydrogens (tertiary/aromatic N) is 2. The number of carbonyl (C=O) groups excluding carboxylic acids is 1. The molecule has 0 atom stereocenters. The Bertz CT molecular complexity index is 1070. The van der Waals surface area contributed by atoms with Crippen LogP contribution in [0.2, 0.25) is 0 Å². The van der Waals surface area contributed by atoms with Gasteiger partial charge in [0.05, 0.1) is 30.2 Å². The highest BCUT2D eigenvalue weighted by Crippen LogP contribution is 2.30. The standard InChI is InChI=1S/C22H22F3N3O3/c1-4-30-19-11-16(7-10-18(19)31-22(24)25)21(29)26-20-13(2)27-28(14(20)3)12-15-5-8-17(23)9-6-15/h5-11,22H,4,12H2,1-3H3,(H,26,29). The Balaban J connectivity index is 1.80. The number of halogens is 3. The first-order valence-electron chi connectivity index (χ1n) is 9.60. The summed E-state index contributed by atoms with van der Waals surface area (Å²) in [5, 5.41) is 7.26. The van der Waals surface area contributed by atoms with Crippen molar-refractivity contribution in [2.75, 3.05) is 11.9 Å². The minimum atomic E-state index is -3.00. The minimum Gasteiger partial charge on any atom is -0.490 e. The maximum atomic E-state index is 13.1. The molecule has 2 aromatic carbocycles. The molecule has 0 fully saturated rings. The van der Waals surface area contributed by atoms with Crippen molar-refractivity contribution in [2.24, 2.45) is 0 Å². The predicted octanol–water partition coefficient (Wildman–Crippen LogP) is 4.94. The first kappa shape index (κ1) is 22.2. The molecular formula is C22H22F3N3O3. The summed E-state index contributed by atoms with van der Waals surface area (Å²) in [7, 11) is 0. The highest BCUT2D eigenvalue weighted by atomic mass is 19.3. The number of hydrogen-bond donors (Lipinski definition) is 1. The number of benzene rings is 2. The highest BCUT2D eigenvalue weighted by Gasteiger charge is 2.18. The van der Waals surface area contributed by atoms with Gasteiger partial charge in [0.1, 0.15) is 5.82 Å². The van der Waals surface area contributed by atoms with Crippen molar-refractivity contribution in [3.63, 3.8) is 0 Å². The molecule has 0 saturated heterocycles. The molecule has 1 N–H and O–H groups in total. The molecule has 0 aliphatic heterocycles. The van der Waals surface area contributed by atoms with E-state index in [1.807, 2.05) is 6.92 Å². The van der Waals surface area contributed by atoms with Gasteiger partial charge >= 0.3 is 6.61 Å². The molecule has 1 heterocycles. The summed E-state index contributed by atoms with van der Waals surface area (Å²) in [6.45, 7) is 2.90. The third kappa shape index (κ3) is 5.36. The molecule has 164 valence electrons. The van der Waals surface area contributed by atoms with Crippen LogP contribution >= 0.6 is 0 Å². The van der Waals surface area contributed by atoms with Gasteiger partial charge in [0.15, 0.2) is 11.5 Å². The summed E-state index contributed by atoms with van der Waals surface area (Å²) in [4.78, 5) is 12.8. The third-order valence-corrected chi connectivity index (χ3v) is 4.59. The lowest BCUT2D eigenvalue weighted by molar-refractivity contribution is -0.0514. The number of amides is 1. The monoisotopic (exact) mass is 433 g/mol. The van der Waals surface area contributed by atoms with E-state index in [1.54, 1.807) is 30.7 Å². The van der Waals surface area contributed by atoms with E-state index in [9.17, 15) is 18.0 Å². The molecule has 31 heavy (non-hydrogen) atoms. The summed E-state index contributed by atoms with van der Waals surface area (Å²) in [6, 6.07) is 10.1. The van der Waals surface area contributed by atoms with Crippen molar-refractivity contribution in [1.82, 2.24) is 9.78 Å². The first-order valence-corrected chi connectivity index (χ1v) is 9.60. The van der Waals surface area contributed by atoms with Gasteiger partial charge in [-0.05, 0) is 56.7 Å². The van der Waals surface area contributed by atoms with Crippen LogP contribution in [0.4, 0.5) is 18.9 Å². The Kier molecular flexibility index (Phi) is 6.84. The van der Waals surface area contributed by atoms with Gasteiger partial charge in [0.2, 0.25) is 0 Å². The zero-order valence-corrected chi connectivity index (χ0v) is 17.3. The smallest absolute Gasteiger partial charge is 0.387 e. The van der Waals surface area contributed by atoms with Gasteiger partial charge in [-0.1, -0.05) is 12.1 Å². The molecule has 0 unspecified atom stereocenters. The first-order chi connectivity index (χ1) is 14.8. The lowest BCUT2D eigenvalue weighted by Crippen LogP contribution is -2.14. The van der Waals surface area contributed by atoms with Gasteiger partial charge in [-0.15, -0.1) is 0 Å². The van der Waals surface area contributed by atoms with Crippen molar-refractivity contribution in [3.05, 3.63) is 70.8 Å². The molecule has 1 amide bonds. The van der Waals surface area contributed by atoms with Crippen LogP contribution in [0.15, 0.2) is 42.5 Å². The molecule has 0 radical (unpaired) electrons. The number of carbonyl (C=O) groups is 1. The predicted molar refractivity (Wildman–Crippen MR) is 109 cm³/mol. The second-order valence-electron chi connectivity index (χ2n) is 6.76. The van der Waals surface area contributed by atoms with E-state index in [1.165, 1.54) is 30.3 Å². The van der Waals surface area contributed by atoms with E-state index in [-0.39, 0.29) is 29.5 Å². The summed E-state index contributed by atoms with van der Waals surface area (Å²) in [5.41, 5.74) is 2.95. The molecule has 1 aromatic heterocycles. The van der Waals surface area contributed by atoms with E-state index >= 15 is 0 Å². The molecule has 6 nitrogen and oxygen atoms in total. The maximum absolute atomic E-state index is 13.1. The van der Waals surface area contributed by atoms with Crippen LogP contribution in [0.1, 0.15) is 34.2 Å². The Hall–Kier alpha value is -3.49. The normalized spacial score (nSPS) is 10.9. The van der Waals surface area contributed by atoms with E-state index < -0.39 is 12.5 Å². The number of alkyl halides is 2. The summed E-state index contributed by atoms with van der Waals surface area (Å²) >= 11 is 0. The molecule has 0 bridgehead atoms. The fourth-order valence-electron chi connectivity index (χ4n) is 3.09. The largest absolute Gasteiger partial charge is 0.490 e. The zero-order chi connectivity index (χ0) is 22.5. The molecule has 9 heteroatoms. The number of anilines is 1. The molecular weight excluding hydrogens is 411 g/mol. The van der Waals surface area contributed by atoms with Gasteiger partial charge < -0.3 is 14.8 Å². The number of nitrogens with one attached hydrogen (secondary N) is 1. The van der Waals surface area contributed by atoms with E-state index in [4.69, 9.17) is 4.74 Å². The second kappa shape index (κ2) is 9.55. The second-order valence-corrected chi connectivity index (χ2v) is 6.76. The maximum Gasteiger partial charge on any atom is 0.387 e. The Labute approximate surface area is 177 Å². The van der Waals surface area contributed by atoms with Gasteiger partial charge in [-0.25, -0.2) is 4.39 Å². The van der Waals surface area contributed by atoms with Crippen molar-refractivity contribution >= 4 is 11.6 Å². The third-order valence-electron chi connectivity index (χ3n) is 4.59. The molecule has 3 aromatic rings. The fourth-order valence-corrected chi connectivity index (χ4v) is 3.09. The minimum absolute atomic E-state index is 0.0518. The van der Waals surface area contributed by atoms with Crippen LogP contribution in [-0.2, 0) is 6.54 Å². The number of aromatic nitrogens is 2. The summed E-state index contributed by atoms with van der Waals surface area (Å²) in [5.74, 6) is -0.859. The number of rotatable bonds is 8. The fraction of sp³-hybridized carbons (Fsp3) is 0.273. The van der Waals surface area contributed by atoms with E-state index in [0.717, 1.165) is 11.3 Å². The molecule has 0 aliphatic carbocycles. The molecule has 0 spiro atoms. The average molecular weight is 433 g/mol. The highest BCUT2D eigenvalue weighted by molar-refractivity contribution is 6.05. The van der Waals surface area contributed by atoms with Crippen molar-refractivity contribution in [2.45, 2.75) is 33.9 Å². The van der Waals surface area contributed by atoms with Crippen LogP contribution in [0.5, 0.6) is 11.5 Å². The van der Waals surface area contributed by atoms with Gasteiger partial charge in [0, 0.05) is 5.56 Å². The van der Waals surface area contributed by atoms with Crippen LogP contribution in [0, 0.1) is 19.7 Å². The summed E-state index contributed by atoms with van der Waals surface area (Å²) in [6.07, 6.45) is 0. The number of aryl methyl sites for hydroxylation is 1. The Morgan fingerprint density at radius 2 is 1.84 bits per heavy atom. The van der Waals surface area contributed by atoms with Crippen LogP contribution in [0.25, 0.3) is 0 Å². The molecule has 3 rings (SSSR count). The van der Waals surface area contributed by atoms with Gasteiger partial charge in [0.25, 0.3) is 5.91 Å². The van der Waals surface area contributed by atoms with E-state index in [0.29, 0.717) is 17.9 Å². The topological polar surface area (TPSA) is 65.4 Å². The lowest BCUT2D eigenvalue weighted by Gasteiger charge is -2.13. The van der Waals surface area contributed by atoms with Crippen molar-refractivity contribution < 1.29 is 27.4 Å². The Morgan fingerprint density at radius 3 is 2.48 bits per heavy atom. The lowest BCUT2D eigenvalue weighted by atomic mass is 10.1. The Morgan fingerprint density at radius 1 is 1.13 bits per heavy atom. The van der Waals surface area contributed by atoms with Crippen LogP contribution in [-0.4, -0.2) is 28.9 Å². The van der Waals surface area contributed by atoms with Crippen LogP contribution in [0.3, 0.4) is 0 Å². The number of ether oxygens (including phenoxy) is 2. The molecule has 0 saturated carbocycles. The zero-order valence-electron chi connectivity index (χ0n) is 17.3. The van der Waals surface area contributed by atoms with Gasteiger partial charge in [-0.2, -0.15) is 13.9 Å². The number of hydrogen-bond acceptors (Lipinski definition) is 4.